The van der Waals surface area contributed by atoms with Crippen molar-refractivity contribution in [1.29, 1.82) is 0 Å². The topological polar surface area (TPSA) is 35.5 Å². The predicted molar refractivity (Wildman–Crippen MR) is 91.7 cm³/mol. The van der Waals surface area contributed by atoms with Crippen LogP contribution in [0.4, 0.5) is 0 Å². The zero-order valence-electron chi connectivity index (χ0n) is 13.8. The third kappa shape index (κ3) is 5.22. The van der Waals surface area contributed by atoms with Gasteiger partial charge in [0.25, 0.3) is 0 Å². The molecule has 0 fully saturated rings. The van der Waals surface area contributed by atoms with Gasteiger partial charge in [0.05, 0.1) is 6.61 Å². The van der Waals surface area contributed by atoms with Gasteiger partial charge in [0, 0.05) is 11.1 Å². The van der Waals surface area contributed by atoms with Gasteiger partial charge < -0.3 is 9.47 Å². The maximum absolute atomic E-state index is 10.7. The minimum atomic E-state index is -0.445. The van der Waals surface area contributed by atoms with Gasteiger partial charge in [-0.1, -0.05) is 57.0 Å². The van der Waals surface area contributed by atoms with Gasteiger partial charge in [-0.05, 0) is 30.2 Å². The van der Waals surface area contributed by atoms with E-state index in [1.165, 1.54) is 0 Å². The number of carbonyl (C=O) groups excluding carboxylic acids is 1. The lowest BCUT2D eigenvalue weighted by Gasteiger charge is -2.22. The van der Waals surface area contributed by atoms with Gasteiger partial charge >= 0.3 is 0 Å². The minimum absolute atomic E-state index is 0.445. The number of hydrogen-bond acceptors (Lipinski definition) is 3. The first kappa shape index (κ1) is 17.2. The molecule has 0 aliphatic carbocycles. The van der Waals surface area contributed by atoms with E-state index in [-0.39, 0.29) is 0 Å². The van der Waals surface area contributed by atoms with Gasteiger partial charge in [-0.3, -0.25) is 4.79 Å². The molecule has 0 spiro atoms. The Bertz CT molecular complexity index is 574. The van der Waals surface area contributed by atoms with Gasteiger partial charge in [-0.2, -0.15) is 0 Å². The number of carbonyl (C=O) groups is 1. The Balaban J connectivity index is 2.10. The summed E-state index contributed by atoms with van der Waals surface area (Å²) in [6.45, 7) is 5.01. The Kier molecular flexibility index (Phi) is 6.82. The SMILES string of the molecule is CCC(CC)COC(Oc1ccc(C=O)cc1)c1ccccc1. The highest BCUT2D eigenvalue weighted by molar-refractivity contribution is 5.74. The molecule has 1 unspecified atom stereocenters. The van der Waals surface area contributed by atoms with Crippen molar-refractivity contribution in [3.05, 3.63) is 65.7 Å². The average Bonchev–Trinajstić information content (AvgIpc) is 2.63. The first-order chi connectivity index (χ1) is 11.3. The van der Waals surface area contributed by atoms with Crippen LogP contribution >= 0.6 is 0 Å². The molecule has 0 aliphatic rings. The molecule has 0 bridgehead atoms. The summed E-state index contributed by atoms with van der Waals surface area (Å²) in [7, 11) is 0. The Morgan fingerprint density at radius 3 is 2.17 bits per heavy atom. The van der Waals surface area contributed by atoms with Gasteiger partial charge in [0.1, 0.15) is 12.0 Å². The maximum Gasteiger partial charge on any atom is 0.226 e. The van der Waals surface area contributed by atoms with E-state index in [0.717, 1.165) is 24.7 Å². The third-order valence-corrected chi connectivity index (χ3v) is 3.97. The third-order valence-electron chi connectivity index (χ3n) is 3.97. The molecule has 0 saturated heterocycles. The van der Waals surface area contributed by atoms with Crippen LogP contribution in [0.25, 0.3) is 0 Å². The zero-order chi connectivity index (χ0) is 16.5. The van der Waals surface area contributed by atoms with Crippen molar-refractivity contribution in [2.45, 2.75) is 33.0 Å². The molecule has 0 aromatic heterocycles. The van der Waals surface area contributed by atoms with Crippen molar-refractivity contribution in [2.75, 3.05) is 6.61 Å². The molecule has 0 saturated carbocycles. The Hall–Kier alpha value is -2.13. The van der Waals surface area contributed by atoms with Gasteiger partial charge in [0.15, 0.2) is 0 Å². The quantitative estimate of drug-likeness (QED) is 0.481. The van der Waals surface area contributed by atoms with E-state index in [1.807, 2.05) is 30.3 Å². The highest BCUT2D eigenvalue weighted by atomic mass is 16.7. The normalized spacial score (nSPS) is 12.1. The molecular formula is C20H24O3. The highest BCUT2D eigenvalue weighted by Gasteiger charge is 2.16. The summed E-state index contributed by atoms with van der Waals surface area (Å²) in [5, 5.41) is 0. The molecule has 0 amide bonds. The van der Waals surface area contributed by atoms with Gasteiger partial charge in [0.2, 0.25) is 6.29 Å². The fourth-order valence-electron chi connectivity index (χ4n) is 2.30. The number of hydrogen-bond donors (Lipinski definition) is 0. The Morgan fingerprint density at radius 1 is 0.957 bits per heavy atom. The van der Waals surface area contributed by atoms with Crippen LogP contribution < -0.4 is 4.74 Å². The summed E-state index contributed by atoms with van der Waals surface area (Å²) in [5.74, 6) is 1.22. The number of rotatable bonds is 9. The fraction of sp³-hybridized carbons (Fsp3) is 0.350. The van der Waals surface area contributed by atoms with Crippen LogP contribution in [0.15, 0.2) is 54.6 Å². The summed E-state index contributed by atoms with van der Waals surface area (Å²) >= 11 is 0. The molecule has 3 heteroatoms. The molecule has 2 aromatic carbocycles. The summed E-state index contributed by atoms with van der Waals surface area (Å²) in [6, 6.07) is 17.0. The van der Waals surface area contributed by atoms with E-state index in [9.17, 15) is 4.79 Å². The minimum Gasteiger partial charge on any atom is -0.461 e. The molecule has 23 heavy (non-hydrogen) atoms. The maximum atomic E-state index is 10.7. The average molecular weight is 312 g/mol. The standard InChI is InChI=1S/C20H24O3/c1-3-16(4-2)15-22-20(18-8-6-5-7-9-18)23-19-12-10-17(14-21)11-13-19/h5-14,16,20H,3-4,15H2,1-2H3. The second-order valence-electron chi connectivity index (χ2n) is 5.56. The molecule has 2 rings (SSSR count). The van der Waals surface area contributed by atoms with E-state index >= 15 is 0 Å². The number of benzene rings is 2. The van der Waals surface area contributed by atoms with Crippen LogP contribution in [-0.2, 0) is 4.74 Å². The van der Waals surface area contributed by atoms with Gasteiger partial charge in [-0.25, -0.2) is 0 Å². The highest BCUT2D eigenvalue weighted by Crippen LogP contribution is 2.24. The monoisotopic (exact) mass is 312 g/mol. The van der Waals surface area contributed by atoms with E-state index in [2.05, 4.69) is 13.8 Å². The molecular weight excluding hydrogens is 288 g/mol. The van der Waals surface area contributed by atoms with E-state index < -0.39 is 6.29 Å². The molecule has 0 radical (unpaired) electrons. The Morgan fingerprint density at radius 2 is 1.61 bits per heavy atom. The van der Waals surface area contributed by atoms with Crippen molar-refractivity contribution < 1.29 is 14.3 Å². The second kappa shape index (κ2) is 9.11. The van der Waals surface area contributed by atoms with Crippen LogP contribution in [0.1, 0.15) is 48.9 Å². The van der Waals surface area contributed by atoms with Crippen molar-refractivity contribution in [1.82, 2.24) is 0 Å². The Labute approximate surface area is 138 Å². The largest absolute Gasteiger partial charge is 0.461 e. The first-order valence-corrected chi connectivity index (χ1v) is 8.15. The molecule has 0 aliphatic heterocycles. The predicted octanol–water partition coefficient (Wildman–Crippen LogP) is 5.03. The van der Waals surface area contributed by atoms with Crippen LogP contribution in [0.5, 0.6) is 5.75 Å². The summed E-state index contributed by atoms with van der Waals surface area (Å²) in [5.41, 5.74) is 1.62. The number of ether oxygens (including phenoxy) is 2. The van der Waals surface area contributed by atoms with Crippen molar-refractivity contribution >= 4 is 6.29 Å². The molecule has 2 aromatic rings. The first-order valence-electron chi connectivity index (χ1n) is 8.15. The molecule has 122 valence electrons. The van der Waals surface area contributed by atoms with Crippen LogP contribution in [0, 0.1) is 5.92 Å². The second-order valence-corrected chi connectivity index (χ2v) is 5.56. The van der Waals surface area contributed by atoms with Gasteiger partial charge in [-0.15, -0.1) is 0 Å². The van der Waals surface area contributed by atoms with Crippen LogP contribution in [-0.4, -0.2) is 12.9 Å². The fourth-order valence-corrected chi connectivity index (χ4v) is 2.30. The lowest BCUT2D eigenvalue weighted by molar-refractivity contribution is -0.0958. The summed E-state index contributed by atoms with van der Waals surface area (Å²) in [4.78, 5) is 10.7. The summed E-state index contributed by atoms with van der Waals surface area (Å²) in [6.07, 6.45) is 2.55. The molecule has 0 N–H and O–H groups in total. The molecule has 1 atom stereocenters. The van der Waals surface area contributed by atoms with E-state index in [1.54, 1.807) is 24.3 Å². The van der Waals surface area contributed by atoms with Crippen molar-refractivity contribution in [2.24, 2.45) is 5.92 Å². The van der Waals surface area contributed by atoms with Crippen molar-refractivity contribution in [3.8, 4) is 5.75 Å². The number of aldehydes is 1. The lowest BCUT2D eigenvalue weighted by Crippen LogP contribution is -2.17. The summed E-state index contributed by atoms with van der Waals surface area (Å²) < 4.78 is 12.0. The molecule has 3 nitrogen and oxygen atoms in total. The smallest absolute Gasteiger partial charge is 0.226 e. The van der Waals surface area contributed by atoms with Crippen LogP contribution in [0.3, 0.4) is 0 Å². The zero-order valence-corrected chi connectivity index (χ0v) is 13.8. The molecule has 0 heterocycles. The van der Waals surface area contributed by atoms with E-state index in [4.69, 9.17) is 9.47 Å². The van der Waals surface area contributed by atoms with E-state index in [0.29, 0.717) is 23.8 Å². The lowest BCUT2D eigenvalue weighted by atomic mass is 10.1. The van der Waals surface area contributed by atoms with Crippen LogP contribution in [0.2, 0.25) is 0 Å². The van der Waals surface area contributed by atoms with Crippen molar-refractivity contribution in [3.63, 3.8) is 0 Å².